The third kappa shape index (κ3) is 3.30. The predicted molar refractivity (Wildman–Crippen MR) is 71.3 cm³/mol. The summed E-state index contributed by atoms with van der Waals surface area (Å²) in [5.74, 6) is 0. The average Bonchev–Trinajstić information content (AvgIpc) is 2.90. The zero-order valence-electron chi connectivity index (χ0n) is 9.34. The fraction of sp³-hybridized carbons (Fsp3) is 0.231. The van der Waals surface area contributed by atoms with Crippen molar-refractivity contribution in [3.05, 3.63) is 41.1 Å². The zero-order chi connectivity index (χ0) is 12.1. The lowest BCUT2D eigenvalue weighted by Gasteiger charge is -2.10. The SMILES string of the molecule is OCC(O)CNc1ccc(-c2ccsc2)cc1. The molecule has 1 aromatic carbocycles. The summed E-state index contributed by atoms with van der Waals surface area (Å²) >= 11 is 1.68. The molecule has 4 heteroatoms. The Balaban J connectivity index is 1.99. The number of nitrogens with one attached hydrogen (secondary N) is 1. The van der Waals surface area contributed by atoms with Gasteiger partial charge in [0, 0.05) is 12.2 Å². The molecule has 0 fully saturated rings. The Kier molecular flexibility index (Phi) is 4.14. The zero-order valence-corrected chi connectivity index (χ0v) is 10.2. The highest BCUT2D eigenvalue weighted by Gasteiger charge is 2.02. The van der Waals surface area contributed by atoms with Crippen molar-refractivity contribution in [2.24, 2.45) is 0 Å². The lowest BCUT2D eigenvalue weighted by atomic mass is 10.1. The molecule has 2 rings (SSSR count). The van der Waals surface area contributed by atoms with Gasteiger partial charge in [0.05, 0.1) is 12.7 Å². The molecular formula is C13H15NO2S. The predicted octanol–water partition coefficient (Wildman–Crippen LogP) is 2.18. The number of rotatable bonds is 5. The van der Waals surface area contributed by atoms with Crippen molar-refractivity contribution in [1.82, 2.24) is 0 Å². The van der Waals surface area contributed by atoms with E-state index in [9.17, 15) is 5.11 Å². The minimum Gasteiger partial charge on any atom is -0.394 e. The number of benzene rings is 1. The molecule has 1 heterocycles. The van der Waals surface area contributed by atoms with Crippen LogP contribution in [-0.4, -0.2) is 29.5 Å². The Morgan fingerprint density at radius 1 is 1.12 bits per heavy atom. The maximum atomic E-state index is 9.21. The van der Waals surface area contributed by atoms with E-state index in [0.29, 0.717) is 6.54 Å². The van der Waals surface area contributed by atoms with E-state index in [1.165, 1.54) is 11.1 Å². The fourth-order valence-corrected chi connectivity index (χ4v) is 2.17. The molecule has 1 unspecified atom stereocenters. The second kappa shape index (κ2) is 5.82. The molecule has 2 aromatic rings. The standard InChI is InChI=1S/C13H15NO2S/c15-8-13(16)7-14-12-3-1-10(2-4-12)11-5-6-17-9-11/h1-6,9,13-16H,7-8H2. The van der Waals surface area contributed by atoms with Gasteiger partial charge >= 0.3 is 0 Å². The van der Waals surface area contributed by atoms with Crippen molar-refractivity contribution >= 4 is 17.0 Å². The quantitative estimate of drug-likeness (QED) is 0.761. The second-order valence-corrected chi connectivity index (χ2v) is 4.59. The van der Waals surface area contributed by atoms with Gasteiger partial charge in [-0.1, -0.05) is 12.1 Å². The van der Waals surface area contributed by atoms with Crippen molar-refractivity contribution in [2.45, 2.75) is 6.10 Å². The van der Waals surface area contributed by atoms with Crippen LogP contribution in [0, 0.1) is 0 Å². The van der Waals surface area contributed by atoms with Crippen LogP contribution in [0.3, 0.4) is 0 Å². The summed E-state index contributed by atoms with van der Waals surface area (Å²) < 4.78 is 0. The van der Waals surface area contributed by atoms with Crippen LogP contribution in [0.25, 0.3) is 11.1 Å². The molecule has 0 saturated heterocycles. The Labute approximate surface area is 104 Å². The lowest BCUT2D eigenvalue weighted by molar-refractivity contribution is 0.105. The Hall–Kier alpha value is -1.36. The van der Waals surface area contributed by atoms with E-state index in [0.717, 1.165) is 5.69 Å². The largest absolute Gasteiger partial charge is 0.394 e. The van der Waals surface area contributed by atoms with E-state index in [1.54, 1.807) is 11.3 Å². The summed E-state index contributed by atoms with van der Waals surface area (Å²) in [6, 6.07) is 10.1. The molecule has 3 N–H and O–H groups in total. The third-order valence-corrected chi connectivity index (χ3v) is 3.18. The molecule has 0 spiro atoms. The number of aliphatic hydroxyl groups is 2. The van der Waals surface area contributed by atoms with E-state index in [1.807, 2.05) is 24.3 Å². The first-order valence-electron chi connectivity index (χ1n) is 5.45. The smallest absolute Gasteiger partial charge is 0.0942 e. The van der Waals surface area contributed by atoms with E-state index >= 15 is 0 Å². The Bertz CT molecular complexity index is 439. The van der Waals surface area contributed by atoms with E-state index in [-0.39, 0.29) is 6.61 Å². The van der Waals surface area contributed by atoms with Crippen LogP contribution in [0.15, 0.2) is 41.1 Å². The van der Waals surface area contributed by atoms with Crippen LogP contribution in [0.2, 0.25) is 0 Å². The number of anilines is 1. The highest BCUT2D eigenvalue weighted by atomic mass is 32.1. The fourth-order valence-electron chi connectivity index (χ4n) is 1.51. The van der Waals surface area contributed by atoms with Crippen LogP contribution in [0.5, 0.6) is 0 Å². The number of aliphatic hydroxyl groups excluding tert-OH is 2. The molecule has 90 valence electrons. The van der Waals surface area contributed by atoms with Gasteiger partial charge in [0.15, 0.2) is 0 Å². The summed E-state index contributed by atoms with van der Waals surface area (Å²) in [6.07, 6.45) is -0.716. The first-order chi connectivity index (χ1) is 8.29. The average molecular weight is 249 g/mol. The van der Waals surface area contributed by atoms with Gasteiger partial charge in [-0.25, -0.2) is 0 Å². The van der Waals surface area contributed by atoms with Crippen molar-refractivity contribution < 1.29 is 10.2 Å². The van der Waals surface area contributed by atoms with E-state index < -0.39 is 6.10 Å². The van der Waals surface area contributed by atoms with Gasteiger partial charge in [-0.05, 0) is 40.1 Å². The van der Waals surface area contributed by atoms with Gasteiger partial charge in [-0.3, -0.25) is 0 Å². The monoisotopic (exact) mass is 249 g/mol. The topological polar surface area (TPSA) is 52.5 Å². The normalized spacial score (nSPS) is 12.4. The van der Waals surface area contributed by atoms with Crippen LogP contribution in [0.1, 0.15) is 0 Å². The van der Waals surface area contributed by atoms with Gasteiger partial charge in [0.25, 0.3) is 0 Å². The number of thiophene rings is 1. The molecule has 17 heavy (non-hydrogen) atoms. The summed E-state index contributed by atoms with van der Waals surface area (Å²) in [6.45, 7) is 0.133. The highest BCUT2D eigenvalue weighted by molar-refractivity contribution is 7.08. The van der Waals surface area contributed by atoms with Gasteiger partial charge in [-0.2, -0.15) is 11.3 Å². The summed E-state index contributed by atoms with van der Waals surface area (Å²) in [4.78, 5) is 0. The van der Waals surface area contributed by atoms with Gasteiger partial charge in [-0.15, -0.1) is 0 Å². The molecule has 1 atom stereocenters. The summed E-state index contributed by atoms with van der Waals surface area (Å²) in [7, 11) is 0. The first-order valence-corrected chi connectivity index (χ1v) is 6.39. The van der Waals surface area contributed by atoms with Crippen molar-refractivity contribution in [3.63, 3.8) is 0 Å². The van der Waals surface area contributed by atoms with Gasteiger partial charge in [0.2, 0.25) is 0 Å². The van der Waals surface area contributed by atoms with Crippen molar-refractivity contribution in [3.8, 4) is 11.1 Å². The molecule has 0 aliphatic rings. The van der Waals surface area contributed by atoms with Crippen molar-refractivity contribution in [2.75, 3.05) is 18.5 Å². The molecule has 0 aliphatic heterocycles. The lowest BCUT2D eigenvalue weighted by Crippen LogP contribution is -2.22. The van der Waals surface area contributed by atoms with Crippen molar-refractivity contribution in [1.29, 1.82) is 0 Å². The van der Waals surface area contributed by atoms with Crippen LogP contribution >= 0.6 is 11.3 Å². The van der Waals surface area contributed by atoms with Crippen LogP contribution < -0.4 is 5.32 Å². The molecule has 3 nitrogen and oxygen atoms in total. The third-order valence-electron chi connectivity index (χ3n) is 2.49. The van der Waals surface area contributed by atoms with Crippen LogP contribution in [-0.2, 0) is 0 Å². The van der Waals surface area contributed by atoms with E-state index in [4.69, 9.17) is 5.11 Å². The second-order valence-electron chi connectivity index (χ2n) is 3.81. The summed E-state index contributed by atoms with van der Waals surface area (Å²) in [5.41, 5.74) is 3.34. The van der Waals surface area contributed by atoms with Gasteiger partial charge in [0.1, 0.15) is 0 Å². The molecule has 0 aliphatic carbocycles. The molecule has 0 amide bonds. The minimum atomic E-state index is -0.716. The molecule has 0 bridgehead atoms. The maximum absolute atomic E-state index is 9.21. The number of hydrogen-bond acceptors (Lipinski definition) is 4. The molecule has 0 saturated carbocycles. The molecule has 0 radical (unpaired) electrons. The maximum Gasteiger partial charge on any atom is 0.0942 e. The molecular weight excluding hydrogens is 234 g/mol. The Morgan fingerprint density at radius 3 is 2.47 bits per heavy atom. The minimum absolute atomic E-state index is 0.222. The highest BCUT2D eigenvalue weighted by Crippen LogP contribution is 2.23. The molecule has 1 aromatic heterocycles. The number of hydrogen-bond donors (Lipinski definition) is 3. The van der Waals surface area contributed by atoms with Crippen LogP contribution in [0.4, 0.5) is 5.69 Å². The van der Waals surface area contributed by atoms with Gasteiger partial charge < -0.3 is 15.5 Å². The Morgan fingerprint density at radius 2 is 1.88 bits per heavy atom. The first kappa shape index (κ1) is 12.1. The van der Waals surface area contributed by atoms with E-state index in [2.05, 4.69) is 22.1 Å². The summed E-state index contributed by atoms with van der Waals surface area (Å²) in [5, 5.41) is 25.1.